The quantitative estimate of drug-likeness (QED) is 0.663. The smallest absolute Gasteiger partial charge is 0.344 e. The fourth-order valence-electron chi connectivity index (χ4n) is 0.250. The lowest BCUT2D eigenvalue weighted by Crippen LogP contribution is -2.27. The summed E-state index contributed by atoms with van der Waals surface area (Å²) >= 11 is 0. The molecule has 0 saturated heterocycles. The minimum atomic E-state index is -5.51. The van der Waals surface area contributed by atoms with E-state index in [-0.39, 0.29) is 0 Å². The van der Waals surface area contributed by atoms with Crippen molar-refractivity contribution in [3.05, 3.63) is 0 Å². The van der Waals surface area contributed by atoms with Crippen molar-refractivity contribution in [3.63, 3.8) is 0 Å². The Kier molecular flexibility index (Phi) is 1.36. The van der Waals surface area contributed by atoms with Crippen LogP contribution in [-0.4, -0.2) is 11.1 Å². The van der Waals surface area contributed by atoms with Gasteiger partial charge in [0.15, 0.2) is 0 Å². The SMILES string of the molecule is FC(F)(F)C(F)(F)p1[nH]o1. The third-order valence-electron chi connectivity index (χ3n) is 0.779. The van der Waals surface area contributed by atoms with E-state index in [1.165, 1.54) is 4.92 Å². The highest BCUT2D eigenvalue weighted by molar-refractivity contribution is 7.42. The Balaban J connectivity index is 2.80. The summed E-state index contributed by atoms with van der Waals surface area (Å²) in [4.78, 5) is 1.48. The Bertz CT molecular complexity index is 196. The lowest BCUT2D eigenvalue weighted by molar-refractivity contribution is -0.264. The molecule has 1 rings (SSSR count). The highest BCUT2D eigenvalue weighted by Gasteiger charge is 2.64. The molecule has 0 aliphatic rings. The largest absolute Gasteiger partial charge is 0.466 e. The summed E-state index contributed by atoms with van der Waals surface area (Å²) in [6, 6.07) is 0. The number of rotatable bonds is 1. The van der Waals surface area contributed by atoms with E-state index in [1.807, 2.05) is 0 Å². The molecule has 0 saturated carbocycles. The first kappa shape index (κ1) is 7.65. The summed E-state index contributed by atoms with van der Waals surface area (Å²) in [6.45, 7) is 0. The molecule has 0 bridgehead atoms. The molecule has 0 aromatic carbocycles. The van der Waals surface area contributed by atoms with Crippen LogP contribution in [0.15, 0.2) is 4.30 Å². The molecule has 1 aromatic heterocycles. The number of H-pyrrole nitrogens is 1. The molecule has 1 N–H and O–H groups in total. The molecule has 0 spiro atoms. The van der Waals surface area contributed by atoms with E-state index >= 15 is 0 Å². The van der Waals surface area contributed by atoms with Crippen LogP contribution in [0.3, 0.4) is 0 Å². The first-order valence-corrected chi connectivity index (χ1v) is 3.29. The second kappa shape index (κ2) is 1.78. The van der Waals surface area contributed by atoms with Gasteiger partial charge in [-0.05, 0) is 0 Å². The molecular formula is C2HF5NOP. The van der Waals surface area contributed by atoms with Crippen molar-refractivity contribution >= 4 is 7.93 Å². The number of alkyl halides is 5. The highest BCUT2D eigenvalue weighted by atomic mass is 31.1. The zero-order chi connectivity index (χ0) is 7.99. The molecular weight excluding hydrogens is 180 g/mol. The molecule has 60 valence electrons. The van der Waals surface area contributed by atoms with Crippen LogP contribution in [0.2, 0.25) is 0 Å². The maximum atomic E-state index is 11.8. The summed E-state index contributed by atoms with van der Waals surface area (Å²) in [5.74, 6) is 0. The number of halogens is 5. The Morgan fingerprint density at radius 2 is 1.50 bits per heavy atom. The van der Waals surface area contributed by atoms with Gasteiger partial charge in [-0.3, -0.25) is 0 Å². The van der Waals surface area contributed by atoms with Gasteiger partial charge in [0, 0.05) is 0 Å². The van der Waals surface area contributed by atoms with Gasteiger partial charge in [0.05, 0.1) is 0 Å². The van der Waals surface area contributed by atoms with Gasteiger partial charge in [0.2, 0.25) is 0 Å². The maximum absolute atomic E-state index is 11.8. The van der Waals surface area contributed by atoms with Gasteiger partial charge in [0.25, 0.3) is 7.93 Å². The molecule has 1 unspecified atom stereocenters. The zero-order valence-electron chi connectivity index (χ0n) is 4.25. The van der Waals surface area contributed by atoms with Gasteiger partial charge in [-0.2, -0.15) is 26.9 Å². The van der Waals surface area contributed by atoms with Gasteiger partial charge in [0.1, 0.15) is 0 Å². The van der Waals surface area contributed by atoms with Crippen LogP contribution in [0.4, 0.5) is 22.0 Å². The van der Waals surface area contributed by atoms with E-state index in [0.717, 1.165) is 0 Å². The number of hydrogen-bond acceptors (Lipinski definition) is 1. The topological polar surface area (TPSA) is 28.9 Å². The number of aromatic nitrogens is 1. The van der Waals surface area contributed by atoms with Crippen molar-refractivity contribution in [1.29, 1.82) is 0 Å². The van der Waals surface area contributed by atoms with E-state index < -0.39 is 19.8 Å². The van der Waals surface area contributed by atoms with Crippen LogP contribution >= 0.6 is 7.93 Å². The molecule has 0 radical (unpaired) electrons. The fraction of sp³-hybridized carbons (Fsp3) is 1.00. The molecule has 0 aliphatic carbocycles. The molecule has 1 atom stereocenters. The van der Waals surface area contributed by atoms with Crippen LogP contribution < -0.4 is 0 Å². The third-order valence-corrected chi connectivity index (χ3v) is 1.91. The van der Waals surface area contributed by atoms with Crippen molar-refractivity contribution in [2.24, 2.45) is 0 Å². The summed E-state index contributed by atoms with van der Waals surface area (Å²) in [5, 5.41) is 0. The Morgan fingerprint density at radius 1 is 1.10 bits per heavy atom. The van der Waals surface area contributed by atoms with Crippen LogP contribution in [-0.2, 0) is 5.66 Å². The molecule has 1 heterocycles. The second-order valence-electron chi connectivity index (χ2n) is 1.52. The Morgan fingerprint density at radius 3 is 1.60 bits per heavy atom. The van der Waals surface area contributed by atoms with E-state index in [9.17, 15) is 22.0 Å². The molecule has 8 heteroatoms. The normalized spacial score (nSPS) is 16.3. The predicted molar refractivity (Wildman–Crippen MR) is 22.0 cm³/mol. The number of nitrogens with one attached hydrogen (secondary N) is 1. The molecule has 0 fully saturated rings. The molecule has 1 aromatic rings. The van der Waals surface area contributed by atoms with Crippen molar-refractivity contribution in [1.82, 2.24) is 4.92 Å². The molecule has 2 nitrogen and oxygen atoms in total. The summed E-state index contributed by atoms with van der Waals surface area (Å²) in [7, 11) is -2.79. The van der Waals surface area contributed by atoms with Crippen LogP contribution in [0.25, 0.3) is 0 Å². The van der Waals surface area contributed by atoms with Crippen molar-refractivity contribution in [3.8, 4) is 0 Å². The third kappa shape index (κ3) is 1.05. The lowest BCUT2D eigenvalue weighted by atomic mass is 10.7. The van der Waals surface area contributed by atoms with Crippen LogP contribution in [0, 0.1) is 0 Å². The average Bonchev–Trinajstić information content (AvgIpc) is 2.38. The summed E-state index contributed by atoms with van der Waals surface area (Å²) in [5.41, 5.74) is -4.72. The van der Waals surface area contributed by atoms with Crippen molar-refractivity contribution < 1.29 is 26.3 Å². The minimum Gasteiger partial charge on any atom is -0.344 e. The lowest BCUT2D eigenvalue weighted by Gasteiger charge is -2.11. The van der Waals surface area contributed by atoms with E-state index in [2.05, 4.69) is 4.30 Å². The van der Waals surface area contributed by atoms with Gasteiger partial charge in [-0.25, -0.2) is 0 Å². The van der Waals surface area contributed by atoms with Crippen molar-refractivity contribution in [2.45, 2.75) is 11.8 Å². The minimum absolute atomic E-state index is 1.48. The Hall–Kier alpha value is -0.450. The first-order chi connectivity index (χ1) is 4.36. The van der Waals surface area contributed by atoms with Gasteiger partial charge in [-0.1, -0.05) is 0 Å². The predicted octanol–water partition coefficient (Wildman–Crippen LogP) is 2.71. The van der Waals surface area contributed by atoms with Crippen molar-refractivity contribution in [2.75, 3.05) is 0 Å². The summed E-state index contributed by atoms with van der Waals surface area (Å²) in [6.07, 6.45) is -5.51. The first-order valence-electron chi connectivity index (χ1n) is 2.03. The molecule has 10 heavy (non-hydrogen) atoms. The van der Waals surface area contributed by atoms with E-state index in [4.69, 9.17) is 0 Å². The average molecular weight is 181 g/mol. The molecule has 0 amide bonds. The van der Waals surface area contributed by atoms with Gasteiger partial charge < -0.3 is 4.30 Å². The summed E-state index contributed by atoms with van der Waals surface area (Å²) < 4.78 is 61.1. The van der Waals surface area contributed by atoms with Crippen LogP contribution in [0.1, 0.15) is 0 Å². The zero-order valence-corrected chi connectivity index (χ0v) is 5.14. The molecule has 0 aliphatic heterocycles. The number of aromatic amines is 1. The van der Waals surface area contributed by atoms with Gasteiger partial charge >= 0.3 is 11.8 Å². The maximum Gasteiger partial charge on any atom is 0.466 e. The Labute approximate surface area is 52.2 Å². The fourth-order valence-corrected chi connectivity index (χ4v) is 0.873. The standard InChI is InChI=1S/C2HF5NOP/c3-1(4,5)2(6,7)10-8-9-10/h8H. The monoisotopic (exact) mass is 181 g/mol. The van der Waals surface area contributed by atoms with Gasteiger partial charge in [-0.15, -0.1) is 0 Å². The van der Waals surface area contributed by atoms with E-state index in [0.29, 0.717) is 0 Å². The number of hydrogen-bond donors (Lipinski definition) is 1. The second-order valence-corrected chi connectivity index (χ2v) is 3.03. The van der Waals surface area contributed by atoms with Crippen LogP contribution in [0.5, 0.6) is 0 Å². The highest BCUT2D eigenvalue weighted by Crippen LogP contribution is 2.58. The van der Waals surface area contributed by atoms with E-state index in [1.54, 1.807) is 0 Å².